The molecular formula is C10H20F3NO2. The standard InChI is InChI=1S/C10H20F3NO2/c1-8(10(11,12)13)16-6-4-3-5-9(2,14)7-15/h8,15H,3-7,14H2,1-2H3. The molecule has 0 aliphatic heterocycles. The Morgan fingerprint density at radius 1 is 1.31 bits per heavy atom. The number of aliphatic hydroxyl groups is 1. The minimum absolute atomic E-state index is 0.0577. The zero-order valence-corrected chi connectivity index (χ0v) is 9.68. The minimum atomic E-state index is -4.30. The topological polar surface area (TPSA) is 55.5 Å². The summed E-state index contributed by atoms with van der Waals surface area (Å²) >= 11 is 0. The molecule has 0 fully saturated rings. The maximum Gasteiger partial charge on any atom is 0.414 e. The summed E-state index contributed by atoms with van der Waals surface area (Å²) in [6, 6.07) is 0. The van der Waals surface area contributed by atoms with Crippen molar-refractivity contribution < 1.29 is 23.0 Å². The summed E-state index contributed by atoms with van der Waals surface area (Å²) in [7, 11) is 0. The number of nitrogens with two attached hydrogens (primary N) is 1. The molecule has 2 unspecified atom stereocenters. The van der Waals surface area contributed by atoms with Gasteiger partial charge in [-0.2, -0.15) is 13.2 Å². The molecule has 0 radical (unpaired) electrons. The summed E-state index contributed by atoms with van der Waals surface area (Å²) in [4.78, 5) is 0. The Bertz CT molecular complexity index is 195. The van der Waals surface area contributed by atoms with Gasteiger partial charge in [0.15, 0.2) is 6.10 Å². The lowest BCUT2D eigenvalue weighted by molar-refractivity contribution is -0.214. The minimum Gasteiger partial charge on any atom is -0.394 e. The van der Waals surface area contributed by atoms with Crippen molar-refractivity contribution in [2.75, 3.05) is 13.2 Å². The summed E-state index contributed by atoms with van der Waals surface area (Å²) in [5, 5.41) is 8.84. The van der Waals surface area contributed by atoms with E-state index in [1.165, 1.54) is 0 Å². The van der Waals surface area contributed by atoms with Gasteiger partial charge in [-0.25, -0.2) is 0 Å². The average Bonchev–Trinajstić information content (AvgIpc) is 2.15. The van der Waals surface area contributed by atoms with Crippen molar-refractivity contribution in [1.29, 1.82) is 0 Å². The van der Waals surface area contributed by atoms with Crippen molar-refractivity contribution in [3.8, 4) is 0 Å². The molecule has 0 aromatic heterocycles. The zero-order chi connectivity index (χ0) is 12.8. The molecule has 6 heteroatoms. The molecule has 0 saturated carbocycles. The first-order valence-corrected chi connectivity index (χ1v) is 5.27. The lowest BCUT2D eigenvalue weighted by atomic mass is 9.97. The SMILES string of the molecule is CC(OCCCCC(C)(N)CO)C(F)(F)F. The van der Waals surface area contributed by atoms with Crippen molar-refractivity contribution in [2.45, 2.75) is 50.9 Å². The number of ether oxygens (including phenoxy) is 1. The van der Waals surface area contributed by atoms with Gasteiger partial charge in [0.25, 0.3) is 0 Å². The second-order valence-corrected chi connectivity index (χ2v) is 4.32. The molecule has 0 aliphatic carbocycles. The number of alkyl halides is 3. The highest BCUT2D eigenvalue weighted by atomic mass is 19.4. The van der Waals surface area contributed by atoms with Crippen LogP contribution in [-0.2, 0) is 4.74 Å². The van der Waals surface area contributed by atoms with Crippen LogP contribution in [0.15, 0.2) is 0 Å². The molecule has 0 bridgehead atoms. The first-order valence-electron chi connectivity index (χ1n) is 5.27. The quantitative estimate of drug-likeness (QED) is 0.671. The molecule has 0 spiro atoms. The molecule has 0 amide bonds. The van der Waals surface area contributed by atoms with Crippen LogP contribution in [0.25, 0.3) is 0 Å². The normalized spacial score (nSPS) is 18.2. The third-order valence-corrected chi connectivity index (χ3v) is 2.33. The summed E-state index contributed by atoms with van der Waals surface area (Å²) in [6.45, 7) is 2.61. The number of hydrogen-bond acceptors (Lipinski definition) is 3. The highest BCUT2D eigenvalue weighted by Gasteiger charge is 2.36. The van der Waals surface area contributed by atoms with Crippen LogP contribution in [0, 0.1) is 0 Å². The number of unbranched alkanes of at least 4 members (excludes halogenated alkanes) is 1. The van der Waals surface area contributed by atoms with Crippen LogP contribution < -0.4 is 5.73 Å². The molecule has 0 aliphatic rings. The number of halogens is 3. The fourth-order valence-corrected chi connectivity index (χ4v) is 1.06. The Morgan fingerprint density at radius 2 is 1.88 bits per heavy atom. The Labute approximate surface area is 93.8 Å². The van der Waals surface area contributed by atoms with E-state index < -0.39 is 17.8 Å². The van der Waals surface area contributed by atoms with Crippen molar-refractivity contribution >= 4 is 0 Å². The van der Waals surface area contributed by atoms with Crippen LogP contribution in [0.5, 0.6) is 0 Å². The Kier molecular flexibility index (Phi) is 6.28. The largest absolute Gasteiger partial charge is 0.414 e. The van der Waals surface area contributed by atoms with Gasteiger partial charge < -0.3 is 15.6 Å². The molecule has 3 N–H and O–H groups in total. The summed E-state index contributed by atoms with van der Waals surface area (Å²) < 4.78 is 40.7. The van der Waals surface area contributed by atoms with Gasteiger partial charge in [0.1, 0.15) is 0 Å². The van der Waals surface area contributed by atoms with E-state index in [0.717, 1.165) is 6.92 Å². The van der Waals surface area contributed by atoms with Crippen LogP contribution in [0.2, 0.25) is 0 Å². The fourth-order valence-electron chi connectivity index (χ4n) is 1.06. The van der Waals surface area contributed by atoms with Gasteiger partial charge in [-0.15, -0.1) is 0 Å². The number of hydrogen-bond donors (Lipinski definition) is 2. The van der Waals surface area contributed by atoms with Gasteiger partial charge >= 0.3 is 6.18 Å². The van der Waals surface area contributed by atoms with E-state index in [4.69, 9.17) is 10.8 Å². The summed E-state index contributed by atoms with van der Waals surface area (Å²) in [6.07, 6.45) is -4.32. The van der Waals surface area contributed by atoms with Gasteiger partial charge in [-0.1, -0.05) is 0 Å². The second kappa shape index (κ2) is 6.42. The highest BCUT2D eigenvalue weighted by molar-refractivity contribution is 4.76. The van der Waals surface area contributed by atoms with Crippen molar-refractivity contribution in [3.05, 3.63) is 0 Å². The van der Waals surface area contributed by atoms with E-state index in [9.17, 15) is 13.2 Å². The van der Waals surface area contributed by atoms with Crippen molar-refractivity contribution in [3.63, 3.8) is 0 Å². The van der Waals surface area contributed by atoms with E-state index in [0.29, 0.717) is 19.3 Å². The monoisotopic (exact) mass is 243 g/mol. The molecule has 0 heterocycles. The Balaban J connectivity index is 3.55. The highest BCUT2D eigenvalue weighted by Crippen LogP contribution is 2.22. The molecule has 0 saturated heterocycles. The first kappa shape index (κ1) is 15.7. The van der Waals surface area contributed by atoms with Crippen molar-refractivity contribution in [1.82, 2.24) is 0 Å². The molecule has 0 aromatic carbocycles. The first-order chi connectivity index (χ1) is 7.19. The predicted molar refractivity (Wildman–Crippen MR) is 55.0 cm³/mol. The zero-order valence-electron chi connectivity index (χ0n) is 9.68. The van der Waals surface area contributed by atoms with Gasteiger partial charge in [0.2, 0.25) is 0 Å². The van der Waals surface area contributed by atoms with Crippen LogP contribution >= 0.6 is 0 Å². The van der Waals surface area contributed by atoms with Gasteiger partial charge in [-0.3, -0.25) is 0 Å². The van der Waals surface area contributed by atoms with E-state index in [2.05, 4.69) is 4.74 Å². The number of rotatable bonds is 7. The van der Waals surface area contributed by atoms with Crippen LogP contribution in [-0.4, -0.2) is 36.1 Å². The molecule has 0 aromatic rings. The Hall–Kier alpha value is -0.330. The molecular weight excluding hydrogens is 223 g/mol. The second-order valence-electron chi connectivity index (χ2n) is 4.32. The average molecular weight is 243 g/mol. The third-order valence-electron chi connectivity index (χ3n) is 2.33. The summed E-state index contributed by atoms with van der Waals surface area (Å²) in [5.74, 6) is 0. The van der Waals surface area contributed by atoms with Crippen LogP contribution in [0.4, 0.5) is 13.2 Å². The molecule has 0 rings (SSSR count). The number of aliphatic hydroxyl groups excluding tert-OH is 1. The smallest absolute Gasteiger partial charge is 0.394 e. The molecule has 16 heavy (non-hydrogen) atoms. The van der Waals surface area contributed by atoms with E-state index in [1.807, 2.05) is 0 Å². The predicted octanol–water partition coefficient (Wildman–Crippen LogP) is 1.83. The maximum atomic E-state index is 12.0. The van der Waals surface area contributed by atoms with E-state index in [-0.39, 0.29) is 13.2 Å². The van der Waals surface area contributed by atoms with Crippen LogP contribution in [0.1, 0.15) is 33.1 Å². The van der Waals surface area contributed by atoms with Gasteiger partial charge in [0.05, 0.1) is 6.61 Å². The lowest BCUT2D eigenvalue weighted by Gasteiger charge is -2.21. The van der Waals surface area contributed by atoms with Crippen LogP contribution in [0.3, 0.4) is 0 Å². The van der Waals surface area contributed by atoms with E-state index >= 15 is 0 Å². The van der Waals surface area contributed by atoms with Gasteiger partial charge in [0, 0.05) is 12.1 Å². The molecule has 2 atom stereocenters. The maximum absolute atomic E-state index is 12.0. The molecule has 98 valence electrons. The molecule has 3 nitrogen and oxygen atoms in total. The third kappa shape index (κ3) is 7.03. The fraction of sp³-hybridized carbons (Fsp3) is 1.00. The van der Waals surface area contributed by atoms with Crippen molar-refractivity contribution in [2.24, 2.45) is 5.73 Å². The van der Waals surface area contributed by atoms with E-state index in [1.54, 1.807) is 6.92 Å². The Morgan fingerprint density at radius 3 is 2.31 bits per heavy atom. The van der Waals surface area contributed by atoms with Gasteiger partial charge in [-0.05, 0) is 33.1 Å². The summed E-state index contributed by atoms with van der Waals surface area (Å²) in [5.41, 5.74) is 5.00. The lowest BCUT2D eigenvalue weighted by Crippen LogP contribution is -2.40.